The van der Waals surface area contributed by atoms with Crippen LogP contribution in [0.15, 0.2) is 34.9 Å². The molecule has 1 aliphatic rings. The molecule has 0 fully saturated rings. The van der Waals surface area contributed by atoms with Crippen molar-refractivity contribution in [2.24, 2.45) is 0 Å². The minimum absolute atomic E-state index is 0.0551. The van der Waals surface area contributed by atoms with Crippen LogP contribution in [0.25, 0.3) is 0 Å². The highest BCUT2D eigenvalue weighted by Crippen LogP contribution is 2.28. The zero-order chi connectivity index (χ0) is 19.7. The fraction of sp³-hybridized carbons (Fsp3) is 0.263. The molecule has 0 bridgehead atoms. The van der Waals surface area contributed by atoms with E-state index in [9.17, 15) is 9.59 Å². The van der Waals surface area contributed by atoms with Crippen LogP contribution < -0.4 is 5.32 Å². The summed E-state index contributed by atoms with van der Waals surface area (Å²) in [5, 5.41) is 7.61. The van der Waals surface area contributed by atoms with Gasteiger partial charge in [-0.2, -0.15) is 0 Å². The van der Waals surface area contributed by atoms with Gasteiger partial charge in [0.15, 0.2) is 16.6 Å². The standard InChI is InChI=1S/C19H17ClN4O3S/c1-11-8-15(23-27-11)18(26)22-19-21-14-6-7-24(10-17(14)28-19)9-16(25)12-2-4-13(20)5-3-12/h2-5,8H,6-7,9-10H2,1H3,(H,21,22,26). The van der Waals surface area contributed by atoms with Gasteiger partial charge in [-0.15, -0.1) is 11.3 Å². The van der Waals surface area contributed by atoms with E-state index in [0.29, 0.717) is 34.6 Å². The summed E-state index contributed by atoms with van der Waals surface area (Å²) in [6.07, 6.45) is 0.735. The Hall–Kier alpha value is -2.55. The molecule has 0 unspecified atom stereocenters. The van der Waals surface area contributed by atoms with E-state index in [0.717, 1.165) is 23.5 Å². The summed E-state index contributed by atoms with van der Waals surface area (Å²) < 4.78 is 4.92. The Balaban J connectivity index is 1.39. The molecule has 1 aliphatic heterocycles. The minimum Gasteiger partial charge on any atom is -0.361 e. The number of ketones is 1. The van der Waals surface area contributed by atoms with E-state index in [1.54, 1.807) is 37.3 Å². The van der Waals surface area contributed by atoms with Gasteiger partial charge in [-0.3, -0.25) is 19.8 Å². The number of amides is 1. The van der Waals surface area contributed by atoms with Gasteiger partial charge in [0.2, 0.25) is 0 Å². The highest BCUT2D eigenvalue weighted by atomic mass is 35.5. The van der Waals surface area contributed by atoms with Crippen molar-refractivity contribution in [3.63, 3.8) is 0 Å². The number of carbonyl (C=O) groups is 2. The third-order valence-electron chi connectivity index (χ3n) is 4.42. The molecule has 3 aromatic rings. The Morgan fingerprint density at radius 3 is 2.82 bits per heavy atom. The molecule has 4 rings (SSSR count). The number of fused-ring (bicyclic) bond motifs is 1. The zero-order valence-corrected chi connectivity index (χ0v) is 16.6. The summed E-state index contributed by atoms with van der Waals surface area (Å²) >= 11 is 7.30. The maximum atomic E-state index is 12.5. The predicted octanol–water partition coefficient (Wildman–Crippen LogP) is 3.59. The maximum Gasteiger partial charge on any atom is 0.279 e. The summed E-state index contributed by atoms with van der Waals surface area (Å²) in [5.41, 5.74) is 1.84. The van der Waals surface area contributed by atoms with Gasteiger partial charge in [-0.05, 0) is 31.2 Å². The number of nitrogens with zero attached hydrogens (tertiary/aromatic N) is 3. The van der Waals surface area contributed by atoms with E-state index in [-0.39, 0.29) is 17.4 Å². The van der Waals surface area contributed by atoms with Gasteiger partial charge >= 0.3 is 0 Å². The molecule has 2 aromatic heterocycles. The lowest BCUT2D eigenvalue weighted by atomic mass is 10.1. The van der Waals surface area contributed by atoms with E-state index in [1.165, 1.54) is 11.3 Å². The molecule has 0 atom stereocenters. The van der Waals surface area contributed by atoms with Crippen LogP contribution in [0, 0.1) is 6.92 Å². The summed E-state index contributed by atoms with van der Waals surface area (Å²) in [5.74, 6) is 0.279. The summed E-state index contributed by atoms with van der Waals surface area (Å²) in [7, 11) is 0. The van der Waals surface area contributed by atoms with Crippen LogP contribution in [-0.2, 0) is 13.0 Å². The Morgan fingerprint density at radius 2 is 2.11 bits per heavy atom. The molecule has 1 amide bonds. The molecule has 0 saturated carbocycles. The highest BCUT2D eigenvalue weighted by molar-refractivity contribution is 7.15. The Kier molecular flexibility index (Phi) is 5.25. The first-order chi connectivity index (χ1) is 13.5. The molecule has 9 heteroatoms. The number of rotatable bonds is 5. The number of carbonyl (C=O) groups excluding carboxylic acids is 2. The average Bonchev–Trinajstić information content (AvgIpc) is 3.27. The number of nitrogens with one attached hydrogen (secondary N) is 1. The SMILES string of the molecule is Cc1cc(C(=O)Nc2nc3c(s2)CN(CC(=O)c2ccc(Cl)cc2)CC3)no1. The van der Waals surface area contributed by atoms with Gasteiger partial charge in [-0.25, -0.2) is 4.98 Å². The van der Waals surface area contributed by atoms with E-state index in [4.69, 9.17) is 16.1 Å². The van der Waals surface area contributed by atoms with Crippen molar-refractivity contribution in [1.82, 2.24) is 15.0 Å². The third kappa shape index (κ3) is 4.14. The average molecular weight is 417 g/mol. The Morgan fingerprint density at radius 1 is 1.32 bits per heavy atom. The van der Waals surface area contributed by atoms with Crippen molar-refractivity contribution in [1.29, 1.82) is 0 Å². The Labute approximate surface area is 170 Å². The third-order valence-corrected chi connectivity index (χ3v) is 5.67. The smallest absolute Gasteiger partial charge is 0.279 e. The van der Waals surface area contributed by atoms with Crippen LogP contribution in [0.4, 0.5) is 5.13 Å². The van der Waals surface area contributed by atoms with Crippen molar-refractivity contribution < 1.29 is 14.1 Å². The molecular weight excluding hydrogens is 400 g/mol. The normalized spacial score (nSPS) is 13.9. The molecule has 0 saturated heterocycles. The fourth-order valence-electron chi connectivity index (χ4n) is 3.00. The van der Waals surface area contributed by atoms with Crippen LogP contribution in [0.1, 0.15) is 37.2 Å². The van der Waals surface area contributed by atoms with Crippen LogP contribution in [-0.4, -0.2) is 39.8 Å². The van der Waals surface area contributed by atoms with Crippen LogP contribution in [0.2, 0.25) is 5.02 Å². The first kappa shape index (κ1) is 18.8. The van der Waals surface area contributed by atoms with Gasteiger partial charge in [0.25, 0.3) is 5.91 Å². The van der Waals surface area contributed by atoms with E-state index in [1.807, 2.05) is 0 Å². The van der Waals surface area contributed by atoms with Crippen LogP contribution in [0.3, 0.4) is 0 Å². The monoisotopic (exact) mass is 416 g/mol. The second kappa shape index (κ2) is 7.83. The molecule has 0 spiro atoms. The van der Waals surface area contributed by atoms with Gasteiger partial charge in [0.05, 0.1) is 12.2 Å². The number of Topliss-reactive ketones (excluding diaryl/α,β-unsaturated/α-hetero) is 1. The van der Waals surface area contributed by atoms with Crippen LogP contribution in [0.5, 0.6) is 0 Å². The van der Waals surface area contributed by atoms with Gasteiger partial charge in [0, 0.05) is 41.0 Å². The summed E-state index contributed by atoms with van der Waals surface area (Å²) in [6, 6.07) is 8.50. The molecule has 7 nitrogen and oxygen atoms in total. The Bertz CT molecular complexity index is 1030. The van der Waals surface area contributed by atoms with E-state index in [2.05, 4.69) is 20.4 Å². The zero-order valence-electron chi connectivity index (χ0n) is 15.1. The number of aryl methyl sites for hydroxylation is 1. The van der Waals surface area contributed by atoms with E-state index >= 15 is 0 Å². The maximum absolute atomic E-state index is 12.5. The fourth-order valence-corrected chi connectivity index (χ4v) is 4.17. The van der Waals surface area contributed by atoms with Crippen molar-refractivity contribution in [2.75, 3.05) is 18.4 Å². The predicted molar refractivity (Wildman–Crippen MR) is 106 cm³/mol. The molecule has 1 N–H and O–H groups in total. The number of anilines is 1. The number of halogens is 1. The molecule has 0 radical (unpaired) electrons. The van der Waals surface area contributed by atoms with Gasteiger partial charge in [-0.1, -0.05) is 16.8 Å². The van der Waals surface area contributed by atoms with E-state index < -0.39 is 0 Å². The highest BCUT2D eigenvalue weighted by Gasteiger charge is 2.23. The van der Waals surface area contributed by atoms with Gasteiger partial charge in [0.1, 0.15) is 5.76 Å². The van der Waals surface area contributed by atoms with Gasteiger partial charge < -0.3 is 4.52 Å². The lowest BCUT2D eigenvalue weighted by molar-refractivity contribution is 0.0921. The number of thiazole rings is 1. The number of hydrogen-bond donors (Lipinski definition) is 1. The quantitative estimate of drug-likeness (QED) is 0.639. The van der Waals surface area contributed by atoms with Crippen molar-refractivity contribution in [3.8, 4) is 0 Å². The summed E-state index contributed by atoms with van der Waals surface area (Å²) in [4.78, 5) is 32.3. The summed E-state index contributed by atoms with van der Waals surface area (Å²) in [6.45, 7) is 3.43. The topological polar surface area (TPSA) is 88.3 Å². The lowest BCUT2D eigenvalue weighted by Crippen LogP contribution is -2.34. The molecular formula is C19H17ClN4O3S. The number of hydrogen-bond acceptors (Lipinski definition) is 7. The minimum atomic E-state index is -0.349. The molecule has 1 aromatic carbocycles. The molecule has 144 valence electrons. The number of aromatic nitrogens is 2. The van der Waals surface area contributed by atoms with Crippen molar-refractivity contribution in [2.45, 2.75) is 19.9 Å². The molecule has 0 aliphatic carbocycles. The molecule has 28 heavy (non-hydrogen) atoms. The largest absolute Gasteiger partial charge is 0.361 e. The second-order valence-corrected chi connectivity index (χ2v) is 8.08. The second-order valence-electron chi connectivity index (χ2n) is 6.56. The first-order valence-electron chi connectivity index (χ1n) is 8.72. The van der Waals surface area contributed by atoms with Crippen molar-refractivity contribution >= 4 is 39.8 Å². The number of benzene rings is 1. The molecule has 3 heterocycles. The first-order valence-corrected chi connectivity index (χ1v) is 9.92. The van der Waals surface area contributed by atoms with Crippen molar-refractivity contribution in [3.05, 3.63) is 62.9 Å². The van der Waals surface area contributed by atoms with Crippen LogP contribution >= 0.6 is 22.9 Å². The lowest BCUT2D eigenvalue weighted by Gasteiger charge is -2.25.